The highest BCUT2D eigenvalue weighted by Gasteiger charge is 2.20. The van der Waals surface area contributed by atoms with Crippen LogP contribution in [-0.2, 0) is 13.6 Å². The Morgan fingerprint density at radius 2 is 2.10 bits per heavy atom. The molecule has 2 N–H and O–H groups in total. The first-order valence-electron chi connectivity index (χ1n) is 7.01. The van der Waals surface area contributed by atoms with Gasteiger partial charge in [-0.15, -0.1) is 0 Å². The molecule has 0 unspecified atom stereocenters. The van der Waals surface area contributed by atoms with E-state index in [0.717, 1.165) is 36.0 Å². The lowest BCUT2D eigenvalue weighted by molar-refractivity contribution is 0.683. The van der Waals surface area contributed by atoms with Gasteiger partial charge in [-0.3, -0.25) is 9.67 Å². The van der Waals surface area contributed by atoms with Gasteiger partial charge in [0.25, 0.3) is 0 Å². The Hall–Kier alpha value is -2.04. The predicted molar refractivity (Wildman–Crippen MR) is 82.7 cm³/mol. The molecule has 20 heavy (non-hydrogen) atoms. The van der Waals surface area contributed by atoms with Crippen LogP contribution in [0.4, 0.5) is 11.5 Å². The molecular weight excluding hydrogens is 250 g/mol. The zero-order chi connectivity index (χ0) is 14.7. The number of hydrogen-bond donors (Lipinski definition) is 1. The van der Waals surface area contributed by atoms with Crippen LogP contribution in [-0.4, -0.2) is 21.3 Å². The lowest BCUT2D eigenvalue weighted by Gasteiger charge is -2.23. The first-order valence-corrected chi connectivity index (χ1v) is 7.01. The molecule has 0 aliphatic rings. The van der Waals surface area contributed by atoms with E-state index in [0.29, 0.717) is 5.92 Å². The Labute approximate surface area is 120 Å². The Bertz CT molecular complexity index is 559. The largest absolute Gasteiger partial charge is 0.394 e. The molecule has 0 aliphatic carbocycles. The molecule has 5 heteroatoms. The van der Waals surface area contributed by atoms with E-state index in [9.17, 15) is 0 Å². The molecule has 5 nitrogen and oxygen atoms in total. The van der Waals surface area contributed by atoms with E-state index in [1.807, 2.05) is 36.1 Å². The zero-order valence-corrected chi connectivity index (χ0v) is 12.7. The van der Waals surface area contributed by atoms with Crippen LogP contribution in [0.15, 0.2) is 24.4 Å². The maximum Gasteiger partial charge on any atom is 0.150 e. The van der Waals surface area contributed by atoms with E-state index in [1.54, 1.807) is 0 Å². The van der Waals surface area contributed by atoms with E-state index >= 15 is 0 Å². The number of aryl methyl sites for hydroxylation is 1. The van der Waals surface area contributed by atoms with Gasteiger partial charge in [-0.05, 0) is 25.0 Å². The van der Waals surface area contributed by atoms with Crippen molar-refractivity contribution < 1.29 is 0 Å². The van der Waals surface area contributed by atoms with Crippen LogP contribution in [0.25, 0.3) is 0 Å². The van der Waals surface area contributed by atoms with Crippen molar-refractivity contribution in [3.8, 4) is 0 Å². The second kappa shape index (κ2) is 5.94. The van der Waals surface area contributed by atoms with Gasteiger partial charge >= 0.3 is 0 Å². The lowest BCUT2D eigenvalue weighted by atomic mass is 10.1. The number of nitrogens with two attached hydrogens (primary N) is 1. The number of nitrogens with zero attached hydrogens (tertiary/aromatic N) is 4. The SMILES string of the molecule is CCN(Cc1ccccn1)c1c(N)c(C(C)C)nn1C. The lowest BCUT2D eigenvalue weighted by Crippen LogP contribution is -2.25. The van der Waals surface area contributed by atoms with E-state index < -0.39 is 0 Å². The smallest absolute Gasteiger partial charge is 0.150 e. The summed E-state index contributed by atoms with van der Waals surface area (Å²) in [4.78, 5) is 6.59. The molecule has 0 radical (unpaired) electrons. The molecule has 0 saturated carbocycles. The standard InChI is InChI=1S/C15H23N5/c1-5-20(10-12-8-6-7-9-17-12)15-13(16)14(11(2)3)18-19(15)4/h6-9,11H,5,10,16H2,1-4H3. The minimum absolute atomic E-state index is 0.323. The van der Waals surface area contributed by atoms with Crippen molar-refractivity contribution in [2.45, 2.75) is 33.2 Å². The second-order valence-electron chi connectivity index (χ2n) is 5.24. The molecule has 0 bridgehead atoms. The third-order valence-corrected chi connectivity index (χ3v) is 3.39. The van der Waals surface area contributed by atoms with Gasteiger partial charge < -0.3 is 10.6 Å². The molecule has 0 spiro atoms. The summed E-state index contributed by atoms with van der Waals surface area (Å²) in [6, 6.07) is 5.95. The van der Waals surface area contributed by atoms with Crippen LogP contribution in [0.5, 0.6) is 0 Å². The van der Waals surface area contributed by atoms with Crippen LogP contribution in [0, 0.1) is 0 Å². The monoisotopic (exact) mass is 273 g/mol. The third kappa shape index (κ3) is 2.76. The Balaban J connectivity index is 2.33. The fourth-order valence-electron chi connectivity index (χ4n) is 2.38. The van der Waals surface area contributed by atoms with Crippen LogP contribution in [0.2, 0.25) is 0 Å². The molecule has 0 amide bonds. The van der Waals surface area contributed by atoms with Crippen molar-refractivity contribution in [1.29, 1.82) is 0 Å². The molecule has 0 atom stereocenters. The van der Waals surface area contributed by atoms with Crippen LogP contribution in [0.1, 0.15) is 38.1 Å². The van der Waals surface area contributed by atoms with Crippen LogP contribution < -0.4 is 10.6 Å². The summed E-state index contributed by atoms with van der Waals surface area (Å²) in [7, 11) is 1.94. The van der Waals surface area contributed by atoms with Crippen molar-refractivity contribution >= 4 is 11.5 Å². The highest BCUT2D eigenvalue weighted by Crippen LogP contribution is 2.31. The van der Waals surface area contributed by atoms with Crippen molar-refractivity contribution in [2.24, 2.45) is 7.05 Å². The number of aromatic nitrogens is 3. The summed E-state index contributed by atoms with van der Waals surface area (Å²) in [5.41, 5.74) is 9.06. The summed E-state index contributed by atoms with van der Waals surface area (Å²) < 4.78 is 1.87. The summed E-state index contributed by atoms with van der Waals surface area (Å²) >= 11 is 0. The van der Waals surface area contributed by atoms with Crippen molar-refractivity contribution in [3.63, 3.8) is 0 Å². The van der Waals surface area contributed by atoms with Gasteiger partial charge in [0.15, 0.2) is 5.82 Å². The molecule has 0 aromatic carbocycles. The summed E-state index contributed by atoms with van der Waals surface area (Å²) in [6.07, 6.45) is 1.81. The van der Waals surface area contributed by atoms with Gasteiger partial charge in [0.2, 0.25) is 0 Å². The Morgan fingerprint density at radius 1 is 1.35 bits per heavy atom. The number of hydrogen-bond acceptors (Lipinski definition) is 4. The second-order valence-corrected chi connectivity index (χ2v) is 5.24. The average molecular weight is 273 g/mol. The number of pyridine rings is 1. The van der Waals surface area contributed by atoms with Gasteiger partial charge in [-0.2, -0.15) is 5.10 Å². The maximum atomic E-state index is 6.29. The van der Waals surface area contributed by atoms with E-state index in [1.165, 1.54) is 0 Å². The van der Waals surface area contributed by atoms with Gasteiger partial charge in [0.1, 0.15) is 0 Å². The van der Waals surface area contributed by atoms with E-state index in [2.05, 4.69) is 35.8 Å². The molecule has 2 heterocycles. The summed E-state index contributed by atoms with van der Waals surface area (Å²) in [5.74, 6) is 1.30. The normalized spacial score (nSPS) is 11.1. The van der Waals surface area contributed by atoms with E-state index in [-0.39, 0.29) is 0 Å². The highest BCUT2D eigenvalue weighted by molar-refractivity contribution is 5.67. The van der Waals surface area contributed by atoms with E-state index in [4.69, 9.17) is 5.73 Å². The number of nitrogen functional groups attached to an aromatic ring is 1. The molecule has 0 saturated heterocycles. The number of rotatable bonds is 5. The highest BCUT2D eigenvalue weighted by atomic mass is 15.4. The average Bonchev–Trinajstić information content (AvgIpc) is 2.73. The van der Waals surface area contributed by atoms with Crippen molar-refractivity contribution in [2.75, 3.05) is 17.2 Å². The minimum atomic E-state index is 0.323. The minimum Gasteiger partial charge on any atom is -0.394 e. The van der Waals surface area contributed by atoms with Gasteiger partial charge in [0, 0.05) is 19.8 Å². The third-order valence-electron chi connectivity index (χ3n) is 3.39. The summed E-state index contributed by atoms with van der Waals surface area (Å²) in [6.45, 7) is 7.93. The van der Waals surface area contributed by atoms with Crippen molar-refractivity contribution in [3.05, 3.63) is 35.8 Å². The van der Waals surface area contributed by atoms with Crippen LogP contribution in [0.3, 0.4) is 0 Å². The molecule has 2 rings (SSSR count). The molecule has 108 valence electrons. The molecule has 2 aromatic rings. The first kappa shape index (κ1) is 14.4. The summed E-state index contributed by atoms with van der Waals surface area (Å²) in [5, 5.41) is 4.55. The molecule has 2 aromatic heterocycles. The van der Waals surface area contributed by atoms with Crippen molar-refractivity contribution in [1.82, 2.24) is 14.8 Å². The molecule has 0 aliphatic heterocycles. The Kier molecular flexibility index (Phi) is 4.27. The van der Waals surface area contributed by atoms with Gasteiger partial charge in [-0.25, -0.2) is 0 Å². The fourth-order valence-corrected chi connectivity index (χ4v) is 2.38. The predicted octanol–water partition coefficient (Wildman–Crippen LogP) is 2.55. The Morgan fingerprint density at radius 3 is 2.60 bits per heavy atom. The van der Waals surface area contributed by atoms with Crippen LogP contribution >= 0.6 is 0 Å². The molecule has 0 fully saturated rings. The quantitative estimate of drug-likeness (QED) is 0.909. The zero-order valence-electron chi connectivity index (χ0n) is 12.7. The fraction of sp³-hybridized carbons (Fsp3) is 0.467. The van der Waals surface area contributed by atoms with Gasteiger partial charge in [0.05, 0.1) is 23.6 Å². The topological polar surface area (TPSA) is 60.0 Å². The van der Waals surface area contributed by atoms with Gasteiger partial charge in [-0.1, -0.05) is 19.9 Å². The maximum absolute atomic E-state index is 6.29. The first-order chi connectivity index (χ1) is 9.54. The number of anilines is 2. The molecular formula is C15H23N5.